The van der Waals surface area contributed by atoms with Crippen molar-refractivity contribution in [2.45, 2.75) is 71.7 Å². The van der Waals surface area contributed by atoms with Crippen molar-refractivity contribution in [1.82, 2.24) is 19.8 Å². The number of anilines is 1. The van der Waals surface area contributed by atoms with Gasteiger partial charge in [0.15, 0.2) is 5.82 Å². The van der Waals surface area contributed by atoms with Gasteiger partial charge < -0.3 is 30.6 Å². The Morgan fingerprint density at radius 2 is 1.59 bits per heavy atom. The Labute approximate surface area is 260 Å². The highest BCUT2D eigenvalue weighted by molar-refractivity contribution is 5.98. The number of imidazole rings is 1. The number of hydrogen-bond donors (Lipinski definition) is 3. The number of rotatable bonds is 11. The van der Waals surface area contributed by atoms with Crippen molar-refractivity contribution < 1.29 is 19.1 Å². The highest BCUT2D eigenvalue weighted by atomic mass is 16.5. The molecule has 1 aliphatic heterocycles. The van der Waals surface area contributed by atoms with Crippen molar-refractivity contribution in [1.29, 1.82) is 0 Å². The van der Waals surface area contributed by atoms with Crippen molar-refractivity contribution in [2.24, 2.45) is 17.1 Å². The van der Waals surface area contributed by atoms with E-state index in [-0.39, 0.29) is 30.4 Å². The summed E-state index contributed by atoms with van der Waals surface area (Å²) in [5.41, 5.74) is 6.76. The van der Waals surface area contributed by atoms with Crippen molar-refractivity contribution in [3.05, 3.63) is 84.3 Å². The molecule has 10 nitrogen and oxygen atoms in total. The van der Waals surface area contributed by atoms with Crippen molar-refractivity contribution >= 4 is 23.5 Å². The summed E-state index contributed by atoms with van der Waals surface area (Å²) in [5, 5.41) is 5.48. The number of likely N-dealkylation sites (tertiary alicyclic amines) is 1. The second-order valence-corrected chi connectivity index (χ2v) is 13.2. The van der Waals surface area contributed by atoms with Crippen LogP contribution in [0.15, 0.2) is 73.2 Å². The minimum absolute atomic E-state index is 0.0107. The second kappa shape index (κ2) is 14.2. The van der Waals surface area contributed by atoms with Crippen LogP contribution in [0.5, 0.6) is 0 Å². The van der Waals surface area contributed by atoms with Crippen LogP contribution in [0.1, 0.15) is 64.6 Å². The summed E-state index contributed by atoms with van der Waals surface area (Å²) in [7, 11) is 0. The van der Waals surface area contributed by atoms with Crippen LogP contribution in [-0.4, -0.2) is 63.4 Å². The van der Waals surface area contributed by atoms with Gasteiger partial charge in [0, 0.05) is 19.3 Å². The molecule has 0 aliphatic carbocycles. The number of nitrogens with two attached hydrogens (primary N) is 1. The van der Waals surface area contributed by atoms with Crippen LogP contribution in [-0.2, 0) is 25.7 Å². The molecule has 0 spiro atoms. The maximum Gasteiger partial charge on any atom is 0.250 e. The maximum absolute atomic E-state index is 14.0. The van der Waals surface area contributed by atoms with Crippen LogP contribution in [0.25, 0.3) is 0 Å². The molecule has 2 aromatic carbocycles. The summed E-state index contributed by atoms with van der Waals surface area (Å²) in [6.07, 6.45) is 5.11. The average Bonchev–Trinajstić information content (AvgIpc) is 3.44. The van der Waals surface area contributed by atoms with Crippen molar-refractivity contribution in [2.75, 3.05) is 25.0 Å². The van der Waals surface area contributed by atoms with Crippen LogP contribution in [0, 0.1) is 11.3 Å². The predicted molar refractivity (Wildman–Crippen MR) is 170 cm³/mol. The van der Waals surface area contributed by atoms with Crippen LogP contribution in [0.3, 0.4) is 0 Å². The number of aromatic nitrogens is 2. The van der Waals surface area contributed by atoms with Gasteiger partial charge in [-0.25, -0.2) is 4.98 Å². The lowest BCUT2D eigenvalue weighted by Gasteiger charge is -2.40. The molecule has 1 fully saturated rings. The van der Waals surface area contributed by atoms with E-state index in [0.717, 1.165) is 24.0 Å². The number of amides is 3. The molecule has 44 heavy (non-hydrogen) atoms. The normalized spacial score (nSPS) is 15.8. The molecule has 4 rings (SSSR count). The lowest BCUT2D eigenvalue weighted by molar-refractivity contribution is -0.135. The van der Waals surface area contributed by atoms with Gasteiger partial charge in [-0.1, -0.05) is 81.4 Å². The Bertz CT molecular complexity index is 1390. The zero-order chi connectivity index (χ0) is 31.9. The van der Waals surface area contributed by atoms with E-state index in [1.807, 2.05) is 65.6 Å². The smallest absolute Gasteiger partial charge is 0.250 e. The Kier molecular flexibility index (Phi) is 10.6. The number of piperidine rings is 1. The van der Waals surface area contributed by atoms with E-state index in [1.165, 1.54) is 0 Å². The van der Waals surface area contributed by atoms with E-state index in [4.69, 9.17) is 10.5 Å². The van der Waals surface area contributed by atoms with Crippen LogP contribution < -0.4 is 16.4 Å². The van der Waals surface area contributed by atoms with Gasteiger partial charge in [-0.3, -0.25) is 14.4 Å². The molecule has 3 amide bonds. The highest BCUT2D eigenvalue weighted by Gasteiger charge is 2.34. The third kappa shape index (κ3) is 8.76. The summed E-state index contributed by atoms with van der Waals surface area (Å²) >= 11 is 0. The molecule has 1 saturated heterocycles. The van der Waals surface area contributed by atoms with Crippen LogP contribution >= 0.6 is 0 Å². The molecule has 0 radical (unpaired) electrons. The number of hydrogen-bond acceptors (Lipinski definition) is 6. The predicted octanol–water partition coefficient (Wildman–Crippen LogP) is 4.13. The summed E-state index contributed by atoms with van der Waals surface area (Å²) < 4.78 is 7.52. The molecule has 4 N–H and O–H groups in total. The van der Waals surface area contributed by atoms with E-state index in [1.54, 1.807) is 30.9 Å². The first-order chi connectivity index (χ1) is 20.8. The summed E-state index contributed by atoms with van der Waals surface area (Å²) in [6.45, 7) is 11.5. The molecular formula is C34H46N6O4. The van der Waals surface area contributed by atoms with Crippen LogP contribution in [0.2, 0.25) is 0 Å². The van der Waals surface area contributed by atoms with Gasteiger partial charge in [-0.2, -0.15) is 0 Å². The Morgan fingerprint density at radius 1 is 0.977 bits per heavy atom. The Balaban J connectivity index is 1.49. The Hall–Kier alpha value is -4.02. The van der Waals surface area contributed by atoms with Gasteiger partial charge in [0.1, 0.15) is 12.1 Å². The first-order valence-electron chi connectivity index (χ1n) is 15.2. The summed E-state index contributed by atoms with van der Waals surface area (Å²) in [4.78, 5) is 46.4. The maximum atomic E-state index is 14.0. The lowest BCUT2D eigenvalue weighted by Crippen LogP contribution is -2.56. The van der Waals surface area contributed by atoms with E-state index >= 15 is 0 Å². The minimum atomic E-state index is -1.19. The Morgan fingerprint density at radius 3 is 2.18 bits per heavy atom. The van der Waals surface area contributed by atoms with E-state index < -0.39 is 29.4 Å². The standard InChI is InChI=1S/C34H46N6O4/c1-33(2,3)26-16-18-39(19-17-26)31(42)29(25-14-10-7-11-15-25)40-20-28(36-23-40)38-30(41)27(37-32(43)34(4,5)35)22-44-21-24-12-8-6-9-13-24/h6-15,20,23,26-27,29H,16-19,21-22,35H2,1-5H3,(H,37,43)(H,38,41). The van der Waals surface area contributed by atoms with Crippen molar-refractivity contribution in [3.8, 4) is 0 Å². The van der Waals surface area contributed by atoms with Gasteiger partial charge in [0.2, 0.25) is 11.8 Å². The number of ether oxygens (including phenoxy) is 1. The quantitative estimate of drug-likeness (QED) is 0.302. The minimum Gasteiger partial charge on any atom is -0.374 e. The largest absolute Gasteiger partial charge is 0.374 e. The third-order valence-electron chi connectivity index (χ3n) is 8.13. The number of nitrogens with one attached hydrogen (secondary N) is 2. The molecule has 236 valence electrons. The SMILES string of the molecule is CC(C)(N)C(=O)NC(COCc1ccccc1)C(=O)Nc1cn(C(C(=O)N2CCC(C(C)(C)C)CC2)c2ccccc2)cn1. The summed E-state index contributed by atoms with van der Waals surface area (Å²) in [6, 6.07) is 17.5. The monoisotopic (exact) mass is 602 g/mol. The highest BCUT2D eigenvalue weighted by Crippen LogP contribution is 2.35. The van der Waals surface area contributed by atoms with E-state index in [9.17, 15) is 14.4 Å². The second-order valence-electron chi connectivity index (χ2n) is 13.2. The fourth-order valence-electron chi connectivity index (χ4n) is 5.37. The molecule has 2 heterocycles. The molecule has 1 aliphatic rings. The van der Waals surface area contributed by atoms with Gasteiger partial charge in [0.05, 0.1) is 25.1 Å². The van der Waals surface area contributed by atoms with Gasteiger partial charge >= 0.3 is 0 Å². The number of carbonyl (C=O) groups is 3. The molecule has 1 aromatic heterocycles. The fourth-order valence-corrected chi connectivity index (χ4v) is 5.37. The zero-order valence-electron chi connectivity index (χ0n) is 26.5. The number of benzene rings is 2. The molecule has 2 unspecified atom stereocenters. The van der Waals surface area contributed by atoms with E-state index in [0.29, 0.717) is 19.0 Å². The molecule has 2 atom stereocenters. The molecule has 0 saturated carbocycles. The molecule has 3 aromatic rings. The molecular weight excluding hydrogens is 556 g/mol. The number of carbonyl (C=O) groups excluding carboxylic acids is 3. The molecule has 10 heteroatoms. The fraction of sp³-hybridized carbons (Fsp3) is 0.471. The first kappa shape index (κ1) is 32.9. The zero-order valence-corrected chi connectivity index (χ0v) is 26.5. The van der Waals surface area contributed by atoms with Crippen molar-refractivity contribution in [3.63, 3.8) is 0 Å². The number of nitrogens with zero attached hydrogens (tertiary/aromatic N) is 3. The average molecular weight is 603 g/mol. The summed E-state index contributed by atoms with van der Waals surface area (Å²) in [5.74, 6) is -0.191. The molecule has 0 bridgehead atoms. The topological polar surface area (TPSA) is 132 Å². The first-order valence-corrected chi connectivity index (χ1v) is 15.2. The van der Waals surface area contributed by atoms with Gasteiger partial charge in [-0.05, 0) is 49.1 Å². The van der Waals surface area contributed by atoms with Gasteiger partial charge in [0.25, 0.3) is 5.91 Å². The third-order valence-corrected chi connectivity index (χ3v) is 8.13. The van der Waals surface area contributed by atoms with Crippen LogP contribution in [0.4, 0.5) is 5.82 Å². The van der Waals surface area contributed by atoms with Gasteiger partial charge in [-0.15, -0.1) is 0 Å². The lowest BCUT2D eigenvalue weighted by atomic mass is 9.75. The van der Waals surface area contributed by atoms with E-state index in [2.05, 4.69) is 36.4 Å².